The number of amides is 1. The van der Waals surface area contributed by atoms with Gasteiger partial charge >= 0.3 is 5.97 Å². The van der Waals surface area contributed by atoms with Crippen molar-refractivity contribution in [2.24, 2.45) is 0 Å². The largest absolute Gasteiger partial charge is 0.497 e. The first-order chi connectivity index (χ1) is 13.0. The topological polar surface area (TPSA) is 77.1 Å². The van der Waals surface area contributed by atoms with Gasteiger partial charge in [-0.1, -0.05) is 0 Å². The normalized spacial score (nSPS) is 13.6. The van der Waals surface area contributed by atoms with Gasteiger partial charge in [0.25, 0.3) is 5.91 Å². The molecule has 27 heavy (non-hydrogen) atoms. The zero-order valence-electron chi connectivity index (χ0n) is 15.8. The second-order valence-electron chi connectivity index (χ2n) is 6.24. The Balaban J connectivity index is 1.95. The van der Waals surface area contributed by atoms with Crippen molar-refractivity contribution in [3.8, 4) is 11.5 Å². The fraction of sp³-hybridized carbons (Fsp3) is 0.368. The number of anilines is 1. The number of rotatable bonds is 5. The number of fused-ring (bicyclic) bond motifs is 1. The van der Waals surface area contributed by atoms with E-state index < -0.39 is 5.97 Å². The van der Waals surface area contributed by atoms with Crippen LogP contribution < -0.4 is 14.8 Å². The summed E-state index contributed by atoms with van der Waals surface area (Å²) in [7, 11) is 6.42. The third kappa shape index (κ3) is 3.91. The van der Waals surface area contributed by atoms with E-state index in [-0.39, 0.29) is 5.91 Å². The van der Waals surface area contributed by atoms with Crippen LogP contribution in [-0.4, -0.2) is 51.7 Å². The molecule has 144 valence electrons. The molecule has 1 aliphatic heterocycles. The van der Waals surface area contributed by atoms with E-state index in [1.165, 1.54) is 32.7 Å². The molecule has 0 bridgehead atoms. The third-order valence-corrected chi connectivity index (χ3v) is 5.61. The highest BCUT2D eigenvalue weighted by Gasteiger charge is 2.28. The molecule has 0 unspecified atom stereocenters. The van der Waals surface area contributed by atoms with E-state index in [2.05, 4.69) is 10.2 Å². The SMILES string of the molecule is COC(=O)c1c(NC(=O)c2cc(OC)cc(OC)c2)sc2c1CCN(C)C2. The monoisotopic (exact) mass is 390 g/mol. The number of thiophene rings is 1. The number of methoxy groups -OCH3 is 3. The number of nitrogens with one attached hydrogen (secondary N) is 1. The lowest BCUT2D eigenvalue weighted by Gasteiger charge is -2.22. The van der Waals surface area contributed by atoms with Crippen molar-refractivity contribution in [1.82, 2.24) is 4.90 Å². The van der Waals surface area contributed by atoms with Crippen LogP contribution in [0, 0.1) is 0 Å². The van der Waals surface area contributed by atoms with Crippen molar-refractivity contribution in [3.63, 3.8) is 0 Å². The van der Waals surface area contributed by atoms with Crippen LogP contribution in [0.5, 0.6) is 11.5 Å². The number of likely N-dealkylation sites (N-methyl/N-ethyl adjacent to an activating group) is 1. The lowest BCUT2D eigenvalue weighted by Crippen LogP contribution is -2.26. The van der Waals surface area contributed by atoms with Gasteiger partial charge < -0.3 is 24.4 Å². The Hall–Kier alpha value is -2.58. The van der Waals surface area contributed by atoms with Crippen LogP contribution in [0.25, 0.3) is 0 Å². The number of carbonyl (C=O) groups excluding carboxylic acids is 2. The van der Waals surface area contributed by atoms with Crippen LogP contribution in [0.1, 0.15) is 31.2 Å². The Kier molecular flexibility index (Phi) is 5.67. The second-order valence-corrected chi connectivity index (χ2v) is 7.35. The van der Waals surface area contributed by atoms with Gasteiger partial charge in [0, 0.05) is 29.6 Å². The highest BCUT2D eigenvalue weighted by molar-refractivity contribution is 7.17. The average molecular weight is 390 g/mol. The average Bonchev–Trinajstić information content (AvgIpc) is 3.03. The Bertz CT molecular complexity index is 855. The fourth-order valence-electron chi connectivity index (χ4n) is 3.05. The number of ether oxygens (including phenoxy) is 3. The molecule has 0 saturated carbocycles. The summed E-state index contributed by atoms with van der Waals surface area (Å²) in [5.41, 5.74) is 1.79. The maximum absolute atomic E-state index is 12.8. The number of benzene rings is 1. The highest BCUT2D eigenvalue weighted by Crippen LogP contribution is 2.37. The van der Waals surface area contributed by atoms with Crippen molar-refractivity contribution < 1.29 is 23.8 Å². The minimum atomic E-state index is -0.435. The fourth-order valence-corrected chi connectivity index (χ4v) is 4.36. The predicted molar refractivity (Wildman–Crippen MR) is 103 cm³/mol. The first-order valence-corrected chi connectivity index (χ1v) is 9.24. The summed E-state index contributed by atoms with van der Waals surface area (Å²) in [5, 5.41) is 3.37. The summed E-state index contributed by atoms with van der Waals surface area (Å²) >= 11 is 1.42. The Morgan fingerprint density at radius 3 is 2.37 bits per heavy atom. The molecular formula is C19H22N2O5S. The summed E-state index contributed by atoms with van der Waals surface area (Å²) in [6, 6.07) is 4.93. The number of hydrogen-bond acceptors (Lipinski definition) is 7. The summed E-state index contributed by atoms with van der Waals surface area (Å²) in [6.07, 6.45) is 0.746. The second kappa shape index (κ2) is 7.98. The minimum absolute atomic E-state index is 0.343. The zero-order valence-corrected chi connectivity index (χ0v) is 16.6. The Morgan fingerprint density at radius 2 is 1.78 bits per heavy atom. The van der Waals surface area contributed by atoms with Crippen LogP contribution >= 0.6 is 11.3 Å². The van der Waals surface area contributed by atoms with Crippen LogP contribution in [0.2, 0.25) is 0 Å². The van der Waals surface area contributed by atoms with E-state index in [9.17, 15) is 9.59 Å². The molecule has 1 N–H and O–H groups in total. The molecule has 1 aliphatic rings. The summed E-state index contributed by atoms with van der Waals surface area (Å²) in [6.45, 7) is 1.60. The lowest BCUT2D eigenvalue weighted by atomic mass is 10.0. The molecule has 0 aliphatic carbocycles. The van der Waals surface area contributed by atoms with Gasteiger partial charge in [-0.3, -0.25) is 4.79 Å². The van der Waals surface area contributed by atoms with E-state index in [1.54, 1.807) is 18.2 Å². The van der Waals surface area contributed by atoms with Crippen molar-refractivity contribution in [2.45, 2.75) is 13.0 Å². The number of carbonyl (C=O) groups is 2. The van der Waals surface area contributed by atoms with Crippen molar-refractivity contribution in [1.29, 1.82) is 0 Å². The molecule has 3 rings (SSSR count). The molecule has 2 aromatic rings. The van der Waals surface area contributed by atoms with Crippen LogP contribution in [0.4, 0.5) is 5.00 Å². The first kappa shape index (κ1) is 19.2. The molecule has 1 aromatic carbocycles. The molecule has 0 atom stereocenters. The first-order valence-electron chi connectivity index (χ1n) is 8.42. The van der Waals surface area contributed by atoms with Crippen LogP contribution in [-0.2, 0) is 17.7 Å². The summed E-state index contributed by atoms with van der Waals surface area (Å²) in [5.74, 6) is 0.250. The van der Waals surface area contributed by atoms with Crippen molar-refractivity contribution in [3.05, 3.63) is 39.8 Å². The van der Waals surface area contributed by atoms with Gasteiger partial charge in [-0.2, -0.15) is 0 Å². The van der Waals surface area contributed by atoms with Gasteiger partial charge in [0.15, 0.2) is 0 Å². The molecule has 1 aromatic heterocycles. The molecule has 1 amide bonds. The Morgan fingerprint density at radius 1 is 1.11 bits per heavy atom. The van der Waals surface area contributed by atoms with E-state index >= 15 is 0 Å². The maximum Gasteiger partial charge on any atom is 0.341 e. The molecule has 0 fully saturated rings. The van der Waals surface area contributed by atoms with Gasteiger partial charge in [-0.15, -0.1) is 11.3 Å². The maximum atomic E-state index is 12.8. The molecular weight excluding hydrogens is 368 g/mol. The van der Waals surface area contributed by atoms with Crippen molar-refractivity contribution >= 4 is 28.2 Å². The van der Waals surface area contributed by atoms with E-state index in [4.69, 9.17) is 14.2 Å². The lowest BCUT2D eigenvalue weighted by molar-refractivity contribution is 0.0600. The summed E-state index contributed by atoms with van der Waals surface area (Å²) < 4.78 is 15.4. The molecule has 2 heterocycles. The zero-order chi connectivity index (χ0) is 19.6. The number of hydrogen-bond donors (Lipinski definition) is 1. The van der Waals surface area contributed by atoms with Crippen LogP contribution in [0.3, 0.4) is 0 Å². The Labute approximate surface area is 161 Å². The minimum Gasteiger partial charge on any atom is -0.497 e. The van der Waals surface area contributed by atoms with Gasteiger partial charge in [-0.25, -0.2) is 4.79 Å². The number of nitrogens with zero attached hydrogens (tertiary/aromatic N) is 1. The van der Waals surface area contributed by atoms with Crippen LogP contribution in [0.15, 0.2) is 18.2 Å². The quantitative estimate of drug-likeness (QED) is 0.791. The van der Waals surface area contributed by atoms with Gasteiger partial charge in [0.1, 0.15) is 16.5 Å². The standard InChI is InChI=1S/C19H22N2O5S/c1-21-6-5-14-15(10-21)27-18(16(14)19(23)26-4)20-17(22)11-7-12(24-2)9-13(8-11)25-3/h7-9H,5-6,10H2,1-4H3,(H,20,22). The molecule has 0 spiro atoms. The molecule has 7 nitrogen and oxygen atoms in total. The summed E-state index contributed by atoms with van der Waals surface area (Å²) in [4.78, 5) is 28.4. The molecule has 8 heteroatoms. The smallest absolute Gasteiger partial charge is 0.341 e. The van der Waals surface area contributed by atoms with Gasteiger partial charge in [-0.05, 0) is 31.2 Å². The molecule has 0 radical (unpaired) electrons. The van der Waals surface area contributed by atoms with Crippen molar-refractivity contribution in [2.75, 3.05) is 40.2 Å². The molecule has 0 saturated heterocycles. The predicted octanol–water partition coefficient (Wildman–Crippen LogP) is 2.79. The van der Waals surface area contributed by atoms with E-state index in [0.29, 0.717) is 27.6 Å². The van der Waals surface area contributed by atoms with E-state index in [0.717, 1.165) is 30.0 Å². The van der Waals surface area contributed by atoms with E-state index in [1.807, 2.05) is 7.05 Å². The number of esters is 1. The van der Waals surface area contributed by atoms with Gasteiger partial charge in [0.2, 0.25) is 0 Å². The highest BCUT2D eigenvalue weighted by atomic mass is 32.1. The third-order valence-electron chi connectivity index (χ3n) is 4.48. The van der Waals surface area contributed by atoms with Gasteiger partial charge in [0.05, 0.1) is 26.9 Å².